The molecule has 10 heteroatoms. The molecule has 0 unspecified atom stereocenters. The summed E-state index contributed by atoms with van der Waals surface area (Å²) in [5, 5.41) is 2.62. The summed E-state index contributed by atoms with van der Waals surface area (Å²) in [5.74, 6) is -0.730. The average molecular weight is 432 g/mol. The number of alkyl halides is 6. The molecule has 0 atom stereocenters. The summed E-state index contributed by atoms with van der Waals surface area (Å²) in [5.41, 5.74) is -2.30. The van der Waals surface area contributed by atoms with Crippen LogP contribution in [-0.4, -0.2) is 23.0 Å². The van der Waals surface area contributed by atoms with Crippen LogP contribution in [0.3, 0.4) is 0 Å². The molecule has 0 aliphatic heterocycles. The summed E-state index contributed by atoms with van der Waals surface area (Å²) < 4.78 is 82.5. The summed E-state index contributed by atoms with van der Waals surface area (Å²) in [4.78, 5) is 16.0. The van der Waals surface area contributed by atoms with Crippen molar-refractivity contribution < 1.29 is 35.9 Å². The third-order valence-corrected chi connectivity index (χ3v) is 4.84. The molecular weight excluding hydrogens is 414 g/mol. The van der Waals surface area contributed by atoms with E-state index in [1.807, 2.05) is 0 Å². The second kappa shape index (κ2) is 8.53. The predicted molar refractivity (Wildman–Crippen MR) is 94.8 cm³/mol. The predicted octanol–water partition coefficient (Wildman–Crippen LogP) is 5.24. The molecule has 30 heavy (non-hydrogen) atoms. The molecule has 3 rings (SSSR count). The number of benzene rings is 1. The van der Waals surface area contributed by atoms with Crippen molar-refractivity contribution in [2.45, 2.75) is 50.2 Å². The smallest absolute Gasteiger partial charge is 0.417 e. The number of amides is 1. The van der Waals surface area contributed by atoms with Gasteiger partial charge in [0, 0.05) is 18.3 Å². The van der Waals surface area contributed by atoms with E-state index in [9.17, 15) is 31.1 Å². The van der Waals surface area contributed by atoms with Crippen molar-refractivity contribution in [1.82, 2.24) is 10.3 Å². The van der Waals surface area contributed by atoms with Gasteiger partial charge >= 0.3 is 12.4 Å². The Labute approximate surface area is 168 Å². The molecule has 1 amide bonds. The Morgan fingerprint density at radius 2 is 1.60 bits per heavy atom. The molecule has 1 aromatic carbocycles. The van der Waals surface area contributed by atoms with Gasteiger partial charge in [-0.2, -0.15) is 26.3 Å². The molecule has 4 nitrogen and oxygen atoms in total. The van der Waals surface area contributed by atoms with E-state index in [0.29, 0.717) is 31.9 Å². The summed E-state index contributed by atoms with van der Waals surface area (Å²) in [7, 11) is 0. The highest BCUT2D eigenvalue weighted by Crippen LogP contribution is 2.32. The van der Waals surface area contributed by atoms with Crippen molar-refractivity contribution >= 4 is 5.91 Å². The van der Waals surface area contributed by atoms with Crippen molar-refractivity contribution in [2.24, 2.45) is 0 Å². The summed E-state index contributed by atoms with van der Waals surface area (Å²) >= 11 is 0. The molecule has 1 aliphatic rings. The van der Waals surface area contributed by atoms with Gasteiger partial charge in [0.25, 0.3) is 5.91 Å². The van der Waals surface area contributed by atoms with Crippen LogP contribution in [-0.2, 0) is 12.4 Å². The Kier molecular flexibility index (Phi) is 6.23. The number of hydrogen-bond acceptors (Lipinski definition) is 3. The number of rotatable bonds is 4. The highest BCUT2D eigenvalue weighted by atomic mass is 19.4. The number of nitrogens with zero attached hydrogens (tertiary/aromatic N) is 1. The Balaban J connectivity index is 1.53. The van der Waals surface area contributed by atoms with Crippen LogP contribution in [0.25, 0.3) is 0 Å². The standard InChI is InChI=1S/C20H18F6N2O2/c21-19(22,23)12-5-10-17(27-11-12)30-14-8-6-13(7-9-14)28-18(29)15-3-1-2-4-16(15)20(24,25)26/h1-5,10-11,13-14H,6-9H2,(H,28,29). The van der Waals surface area contributed by atoms with Crippen LogP contribution in [0, 0.1) is 0 Å². The van der Waals surface area contributed by atoms with Crippen LogP contribution >= 0.6 is 0 Å². The lowest BCUT2D eigenvalue weighted by atomic mass is 9.92. The topological polar surface area (TPSA) is 51.2 Å². The molecular formula is C20H18F6N2O2. The monoisotopic (exact) mass is 432 g/mol. The van der Waals surface area contributed by atoms with E-state index < -0.39 is 35.0 Å². The van der Waals surface area contributed by atoms with Crippen LogP contribution in [0.1, 0.15) is 47.2 Å². The second-order valence-corrected chi connectivity index (χ2v) is 6.99. The number of nitrogens with one attached hydrogen (secondary N) is 1. The number of hydrogen-bond donors (Lipinski definition) is 1. The molecule has 1 heterocycles. The Morgan fingerprint density at radius 1 is 0.933 bits per heavy atom. The Hall–Kier alpha value is -2.78. The first-order valence-electron chi connectivity index (χ1n) is 9.21. The van der Waals surface area contributed by atoms with Gasteiger partial charge in [-0.15, -0.1) is 0 Å². The van der Waals surface area contributed by atoms with Crippen molar-refractivity contribution in [1.29, 1.82) is 0 Å². The molecule has 2 aromatic rings. The maximum atomic E-state index is 13.1. The second-order valence-electron chi connectivity index (χ2n) is 6.99. The van der Waals surface area contributed by atoms with Crippen LogP contribution in [0.15, 0.2) is 42.6 Å². The molecule has 162 valence electrons. The van der Waals surface area contributed by atoms with E-state index in [1.54, 1.807) is 0 Å². The van der Waals surface area contributed by atoms with Crippen molar-refractivity contribution in [3.63, 3.8) is 0 Å². The third-order valence-electron chi connectivity index (χ3n) is 4.84. The van der Waals surface area contributed by atoms with Gasteiger partial charge in [0.2, 0.25) is 5.88 Å². The lowest BCUT2D eigenvalue weighted by Gasteiger charge is -2.29. The zero-order chi connectivity index (χ0) is 21.9. The molecule has 1 fully saturated rings. The van der Waals surface area contributed by atoms with E-state index in [-0.39, 0.29) is 18.0 Å². The highest BCUT2D eigenvalue weighted by molar-refractivity contribution is 5.96. The van der Waals surface area contributed by atoms with Gasteiger partial charge in [-0.05, 0) is 43.9 Å². The third kappa shape index (κ3) is 5.43. The summed E-state index contributed by atoms with van der Waals surface area (Å²) in [6, 6.07) is 6.28. The fourth-order valence-electron chi connectivity index (χ4n) is 3.30. The number of halogens is 6. The first-order chi connectivity index (χ1) is 14.0. The van der Waals surface area contributed by atoms with Crippen molar-refractivity contribution in [2.75, 3.05) is 0 Å². The van der Waals surface area contributed by atoms with E-state index in [1.165, 1.54) is 12.1 Å². The van der Waals surface area contributed by atoms with Gasteiger partial charge in [-0.3, -0.25) is 4.79 Å². The van der Waals surface area contributed by atoms with E-state index in [0.717, 1.165) is 24.3 Å². The fraction of sp³-hybridized carbons (Fsp3) is 0.400. The molecule has 0 bridgehead atoms. The lowest BCUT2D eigenvalue weighted by Crippen LogP contribution is -2.40. The van der Waals surface area contributed by atoms with Crippen molar-refractivity contribution in [3.05, 3.63) is 59.3 Å². The van der Waals surface area contributed by atoms with Crippen LogP contribution < -0.4 is 10.1 Å². The fourth-order valence-corrected chi connectivity index (χ4v) is 3.30. The molecule has 0 spiro atoms. The SMILES string of the molecule is O=C(NC1CCC(Oc2ccc(C(F)(F)F)cn2)CC1)c1ccccc1C(F)(F)F. The van der Waals surface area contributed by atoms with Gasteiger partial charge in [0.15, 0.2) is 0 Å². The maximum absolute atomic E-state index is 13.1. The number of carbonyl (C=O) groups is 1. The van der Waals surface area contributed by atoms with Gasteiger partial charge in [-0.1, -0.05) is 12.1 Å². The quantitative estimate of drug-likeness (QED) is 0.673. The first kappa shape index (κ1) is 21.9. The Morgan fingerprint density at radius 3 is 2.17 bits per heavy atom. The van der Waals surface area contributed by atoms with E-state index >= 15 is 0 Å². The highest BCUT2D eigenvalue weighted by Gasteiger charge is 2.35. The largest absolute Gasteiger partial charge is 0.474 e. The van der Waals surface area contributed by atoms with Gasteiger partial charge in [0.1, 0.15) is 6.10 Å². The Bertz CT molecular complexity index is 872. The molecule has 1 N–H and O–H groups in total. The molecule has 0 radical (unpaired) electrons. The molecule has 1 saturated carbocycles. The number of aromatic nitrogens is 1. The van der Waals surface area contributed by atoms with Crippen LogP contribution in [0.2, 0.25) is 0 Å². The average Bonchev–Trinajstić information content (AvgIpc) is 2.68. The van der Waals surface area contributed by atoms with Gasteiger partial charge in [-0.25, -0.2) is 4.98 Å². The minimum absolute atomic E-state index is 0.0644. The minimum atomic E-state index is -4.63. The summed E-state index contributed by atoms with van der Waals surface area (Å²) in [6.45, 7) is 0. The molecule has 1 aromatic heterocycles. The molecule has 1 aliphatic carbocycles. The normalized spacial score (nSPS) is 19.9. The van der Waals surface area contributed by atoms with Crippen LogP contribution in [0.4, 0.5) is 26.3 Å². The maximum Gasteiger partial charge on any atom is 0.417 e. The number of pyridine rings is 1. The lowest BCUT2D eigenvalue weighted by molar-refractivity contribution is -0.138. The minimum Gasteiger partial charge on any atom is -0.474 e. The zero-order valence-corrected chi connectivity index (χ0v) is 15.6. The van der Waals surface area contributed by atoms with Crippen LogP contribution in [0.5, 0.6) is 5.88 Å². The molecule has 0 saturated heterocycles. The van der Waals surface area contributed by atoms with Gasteiger partial charge < -0.3 is 10.1 Å². The van der Waals surface area contributed by atoms with Gasteiger partial charge in [0.05, 0.1) is 16.7 Å². The zero-order valence-electron chi connectivity index (χ0n) is 15.6. The number of ether oxygens (including phenoxy) is 1. The first-order valence-corrected chi connectivity index (χ1v) is 9.21. The van der Waals surface area contributed by atoms with E-state index in [4.69, 9.17) is 4.74 Å². The number of carbonyl (C=O) groups excluding carboxylic acids is 1. The van der Waals surface area contributed by atoms with Crippen molar-refractivity contribution in [3.8, 4) is 5.88 Å². The summed E-state index contributed by atoms with van der Waals surface area (Å²) in [6.07, 6.45) is -6.83. The van der Waals surface area contributed by atoms with E-state index in [2.05, 4.69) is 10.3 Å².